The van der Waals surface area contributed by atoms with Crippen LogP contribution in [-0.2, 0) is 19.5 Å². The number of benzene rings is 2. The van der Waals surface area contributed by atoms with Gasteiger partial charge in [-0.3, -0.25) is 4.90 Å². The molecule has 0 saturated carbocycles. The van der Waals surface area contributed by atoms with Gasteiger partial charge in [0.1, 0.15) is 11.4 Å². The van der Waals surface area contributed by atoms with Crippen LogP contribution < -0.4 is 4.74 Å². The van der Waals surface area contributed by atoms with Crippen LogP contribution in [0.1, 0.15) is 16.9 Å². The Bertz CT molecular complexity index is 824. The van der Waals surface area contributed by atoms with Gasteiger partial charge in [0.25, 0.3) is 0 Å². The Morgan fingerprint density at radius 1 is 1.08 bits per heavy atom. The van der Waals surface area contributed by atoms with E-state index in [1.165, 1.54) is 11.1 Å². The third kappa shape index (κ3) is 3.05. The molecular formula is C20H20N2O2. The summed E-state index contributed by atoms with van der Waals surface area (Å²) in [6.45, 7) is 2.81. The molecule has 0 atom stereocenters. The van der Waals surface area contributed by atoms with Gasteiger partial charge in [0.15, 0.2) is 5.76 Å². The Labute approximate surface area is 141 Å². The van der Waals surface area contributed by atoms with Gasteiger partial charge in [-0.05, 0) is 41.8 Å². The number of rotatable bonds is 4. The van der Waals surface area contributed by atoms with Crippen LogP contribution in [-0.4, -0.2) is 23.7 Å². The van der Waals surface area contributed by atoms with Crippen molar-refractivity contribution < 1.29 is 9.26 Å². The van der Waals surface area contributed by atoms with Crippen LogP contribution in [0, 0.1) is 0 Å². The minimum atomic E-state index is 0.789. The van der Waals surface area contributed by atoms with E-state index in [4.69, 9.17) is 9.26 Å². The second-order valence-electron chi connectivity index (χ2n) is 6.14. The van der Waals surface area contributed by atoms with Gasteiger partial charge in [-0.25, -0.2) is 0 Å². The van der Waals surface area contributed by atoms with E-state index in [0.717, 1.165) is 48.8 Å². The van der Waals surface area contributed by atoms with Gasteiger partial charge >= 0.3 is 0 Å². The molecule has 0 saturated heterocycles. The molecule has 4 heteroatoms. The first kappa shape index (κ1) is 15.0. The molecule has 4 nitrogen and oxygen atoms in total. The first-order valence-electron chi connectivity index (χ1n) is 8.21. The summed E-state index contributed by atoms with van der Waals surface area (Å²) in [6, 6.07) is 18.6. The molecule has 1 aromatic heterocycles. The first-order valence-corrected chi connectivity index (χ1v) is 8.21. The molecule has 3 aromatic rings. The minimum Gasteiger partial charge on any atom is -0.497 e. The van der Waals surface area contributed by atoms with Crippen molar-refractivity contribution >= 4 is 0 Å². The molecule has 0 bridgehead atoms. The third-order valence-corrected chi connectivity index (χ3v) is 4.53. The highest BCUT2D eigenvalue weighted by Crippen LogP contribution is 2.24. The summed E-state index contributed by atoms with van der Waals surface area (Å²) in [5, 5.41) is 4.21. The summed E-state index contributed by atoms with van der Waals surface area (Å²) in [7, 11) is 1.67. The lowest BCUT2D eigenvalue weighted by molar-refractivity contribution is 0.215. The second kappa shape index (κ2) is 6.49. The highest BCUT2D eigenvalue weighted by molar-refractivity contribution is 5.59. The van der Waals surface area contributed by atoms with Crippen molar-refractivity contribution in [1.82, 2.24) is 10.1 Å². The summed E-state index contributed by atoms with van der Waals surface area (Å²) < 4.78 is 10.7. The molecule has 2 heterocycles. The molecule has 0 N–H and O–H groups in total. The predicted octanol–water partition coefficient (Wildman–Crippen LogP) is 3.91. The van der Waals surface area contributed by atoms with Gasteiger partial charge in [0.05, 0.1) is 13.7 Å². The van der Waals surface area contributed by atoms with E-state index >= 15 is 0 Å². The van der Waals surface area contributed by atoms with Crippen LogP contribution in [0.15, 0.2) is 59.1 Å². The minimum absolute atomic E-state index is 0.789. The normalized spacial score (nSPS) is 14.4. The largest absolute Gasteiger partial charge is 0.497 e. The SMILES string of the molecule is COc1ccc(-c2cc(CN3CCc4ccccc4C3)on2)cc1. The molecule has 0 spiro atoms. The fourth-order valence-electron chi connectivity index (χ4n) is 3.19. The zero-order chi connectivity index (χ0) is 16.4. The van der Waals surface area contributed by atoms with Gasteiger partial charge in [0, 0.05) is 24.7 Å². The van der Waals surface area contributed by atoms with E-state index in [1.807, 2.05) is 30.3 Å². The Kier molecular flexibility index (Phi) is 4.05. The summed E-state index contributed by atoms with van der Waals surface area (Å²) in [4.78, 5) is 2.40. The molecule has 122 valence electrons. The van der Waals surface area contributed by atoms with Crippen LogP contribution in [0.25, 0.3) is 11.3 Å². The van der Waals surface area contributed by atoms with Crippen molar-refractivity contribution in [3.8, 4) is 17.0 Å². The number of fused-ring (bicyclic) bond motifs is 1. The van der Waals surface area contributed by atoms with Crippen LogP contribution in [0.3, 0.4) is 0 Å². The van der Waals surface area contributed by atoms with Crippen LogP contribution >= 0.6 is 0 Å². The summed E-state index contributed by atoms with van der Waals surface area (Å²) >= 11 is 0. The monoisotopic (exact) mass is 320 g/mol. The van der Waals surface area contributed by atoms with Crippen molar-refractivity contribution in [1.29, 1.82) is 0 Å². The Hall–Kier alpha value is -2.59. The topological polar surface area (TPSA) is 38.5 Å². The van der Waals surface area contributed by atoms with Gasteiger partial charge in [0.2, 0.25) is 0 Å². The molecule has 0 unspecified atom stereocenters. The summed E-state index contributed by atoms with van der Waals surface area (Å²) in [6.07, 6.45) is 1.09. The molecule has 0 fully saturated rings. The third-order valence-electron chi connectivity index (χ3n) is 4.53. The maximum Gasteiger partial charge on any atom is 0.151 e. The average Bonchev–Trinajstić information content (AvgIpc) is 3.10. The Balaban J connectivity index is 1.46. The van der Waals surface area contributed by atoms with Gasteiger partial charge in [-0.15, -0.1) is 0 Å². The molecular weight excluding hydrogens is 300 g/mol. The van der Waals surface area contributed by atoms with E-state index in [2.05, 4.69) is 34.3 Å². The number of hydrogen-bond acceptors (Lipinski definition) is 4. The van der Waals surface area contributed by atoms with E-state index < -0.39 is 0 Å². The lowest BCUT2D eigenvalue weighted by atomic mass is 10.00. The molecule has 1 aliphatic heterocycles. The molecule has 0 amide bonds. The molecule has 0 radical (unpaired) electrons. The lowest BCUT2D eigenvalue weighted by Crippen LogP contribution is -2.29. The van der Waals surface area contributed by atoms with Crippen molar-refractivity contribution in [3.63, 3.8) is 0 Å². The van der Waals surface area contributed by atoms with E-state index in [1.54, 1.807) is 7.11 Å². The summed E-state index contributed by atoms with van der Waals surface area (Å²) in [5.74, 6) is 1.75. The van der Waals surface area contributed by atoms with Crippen molar-refractivity contribution in [2.75, 3.05) is 13.7 Å². The number of aromatic nitrogens is 1. The number of nitrogens with zero attached hydrogens (tertiary/aromatic N) is 2. The van der Waals surface area contributed by atoms with Gasteiger partial charge in [-0.1, -0.05) is 29.4 Å². The quantitative estimate of drug-likeness (QED) is 0.730. The lowest BCUT2D eigenvalue weighted by Gasteiger charge is -2.27. The van der Waals surface area contributed by atoms with Crippen LogP contribution in [0.5, 0.6) is 5.75 Å². The van der Waals surface area contributed by atoms with Gasteiger partial charge in [-0.2, -0.15) is 0 Å². The molecule has 4 rings (SSSR count). The highest BCUT2D eigenvalue weighted by atomic mass is 16.5. The number of methoxy groups -OCH3 is 1. The molecule has 0 aliphatic carbocycles. The highest BCUT2D eigenvalue weighted by Gasteiger charge is 2.17. The molecule has 1 aliphatic rings. The second-order valence-corrected chi connectivity index (χ2v) is 6.14. The average molecular weight is 320 g/mol. The smallest absolute Gasteiger partial charge is 0.151 e. The Morgan fingerprint density at radius 3 is 2.67 bits per heavy atom. The molecule has 24 heavy (non-hydrogen) atoms. The van der Waals surface area contributed by atoms with Crippen molar-refractivity contribution in [3.05, 3.63) is 71.5 Å². The van der Waals surface area contributed by atoms with E-state index in [0.29, 0.717) is 0 Å². The maximum atomic E-state index is 5.54. The zero-order valence-electron chi connectivity index (χ0n) is 13.7. The number of ether oxygens (including phenoxy) is 1. The van der Waals surface area contributed by atoms with Crippen LogP contribution in [0.2, 0.25) is 0 Å². The standard InChI is InChI=1S/C20H20N2O2/c1-23-18-8-6-16(7-9-18)20-12-19(24-21-20)14-22-11-10-15-4-2-3-5-17(15)13-22/h2-9,12H,10-11,13-14H2,1H3. The number of hydrogen-bond donors (Lipinski definition) is 0. The fraction of sp³-hybridized carbons (Fsp3) is 0.250. The maximum absolute atomic E-state index is 5.54. The fourth-order valence-corrected chi connectivity index (χ4v) is 3.19. The van der Waals surface area contributed by atoms with E-state index in [9.17, 15) is 0 Å². The molecule has 2 aromatic carbocycles. The van der Waals surface area contributed by atoms with Gasteiger partial charge < -0.3 is 9.26 Å². The first-order chi connectivity index (χ1) is 11.8. The predicted molar refractivity (Wildman–Crippen MR) is 92.8 cm³/mol. The Morgan fingerprint density at radius 2 is 1.88 bits per heavy atom. The zero-order valence-corrected chi connectivity index (χ0v) is 13.7. The van der Waals surface area contributed by atoms with Crippen LogP contribution in [0.4, 0.5) is 0 Å². The van der Waals surface area contributed by atoms with Crippen molar-refractivity contribution in [2.24, 2.45) is 0 Å². The summed E-state index contributed by atoms with van der Waals surface area (Å²) in [5.41, 5.74) is 4.78. The van der Waals surface area contributed by atoms with E-state index in [-0.39, 0.29) is 0 Å². The van der Waals surface area contributed by atoms with Crippen molar-refractivity contribution in [2.45, 2.75) is 19.5 Å².